The van der Waals surface area contributed by atoms with E-state index in [-0.39, 0.29) is 0 Å². The van der Waals surface area contributed by atoms with Crippen molar-refractivity contribution in [2.45, 2.75) is 10.9 Å². The third kappa shape index (κ3) is 2.97. The van der Waals surface area contributed by atoms with Gasteiger partial charge in [-0.05, 0) is 36.4 Å². The van der Waals surface area contributed by atoms with E-state index in [9.17, 15) is 0 Å². The van der Waals surface area contributed by atoms with Gasteiger partial charge in [0.1, 0.15) is 0 Å². The van der Waals surface area contributed by atoms with Gasteiger partial charge in [0.2, 0.25) is 11.8 Å². The number of hydrogen-bond donors (Lipinski definition) is 0. The summed E-state index contributed by atoms with van der Waals surface area (Å²) in [6.45, 7) is 0. The third-order valence-electron chi connectivity index (χ3n) is 3.63. The van der Waals surface area contributed by atoms with Crippen molar-refractivity contribution in [3.05, 3.63) is 58.9 Å². The van der Waals surface area contributed by atoms with Gasteiger partial charge in [-0.25, -0.2) is 4.98 Å². The Morgan fingerprint density at radius 3 is 2.67 bits per heavy atom. The highest BCUT2D eigenvalue weighted by Gasteiger charge is 2.12. The van der Waals surface area contributed by atoms with Gasteiger partial charge in [0.25, 0.3) is 0 Å². The molecule has 0 fully saturated rings. The van der Waals surface area contributed by atoms with Gasteiger partial charge in [-0.3, -0.25) is 0 Å². The van der Waals surface area contributed by atoms with Gasteiger partial charge in [0, 0.05) is 17.1 Å². The Labute approximate surface area is 151 Å². The van der Waals surface area contributed by atoms with Crippen molar-refractivity contribution < 1.29 is 4.42 Å². The second kappa shape index (κ2) is 6.41. The number of rotatable bonds is 4. The van der Waals surface area contributed by atoms with Gasteiger partial charge < -0.3 is 8.98 Å². The largest absolute Gasteiger partial charge is 0.420 e. The molecule has 5 nitrogen and oxygen atoms in total. The van der Waals surface area contributed by atoms with E-state index in [1.165, 1.54) is 0 Å². The minimum Gasteiger partial charge on any atom is -0.420 e. The number of hydrogen-bond acceptors (Lipinski definition) is 5. The van der Waals surface area contributed by atoms with Gasteiger partial charge in [-0.2, -0.15) is 0 Å². The summed E-state index contributed by atoms with van der Waals surface area (Å²) in [5.74, 6) is 1.70. The summed E-state index contributed by atoms with van der Waals surface area (Å²) in [7, 11) is 2.01. The number of nitrogens with zero attached hydrogens (tertiary/aromatic N) is 4. The molecule has 0 spiro atoms. The zero-order chi connectivity index (χ0) is 16.5. The van der Waals surface area contributed by atoms with E-state index in [2.05, 4.69) is 41.7 Å². The van der Waals surface area contributed by atoms with Crippen LogP contribution in [0.15, 0.2) is 62.6 Å². The molecule has 2 aromatic carbocycles. The normalized spacial score (nSPS) is 11.2. The lowest BCUT2D eigenvalue weighted by Crippen LogP contribution is -1.91. The molecule has 0 bridgehead atoms. The van der Waals surface area contributed by atoms with E-state index in [0.29, 0.717) is 17.5 Å². The monoisotopic (exact) mass is 400 g/mol. The Kier molecular flexibility index (Phi) is 4.12. The molecule has 120 valence electrons. The van der Waals surface area contributed by atoms with Crippen LogP contribution in [0, 0.1) is 0 Å². The quantitative estimate of drug-likeness (QED) is 0.465. The average molecular weight is 401 g/mol. The lowest BCUT2D eigenvalue weighted by molar-refractivity contribution is 0.528. The first kappa shape index (κ1) is 15.4. The molecular formula is C17H13BrN4OS. The summed E-state index contributed by atoms with van der Waals surface area (Å²) < 4.78 is 8.84. The SMILES string of the molecule is Cn1c(SCc2nnc(-c3ccc(Br)cc3)o2)nc2ccccc21. The molecule has 0 N–H and O–H groups in total. The van der Waals surface area contributed by atoms with Gasteiger partial charge in [-0.1, -0.05) is 39.8 Å². The first-order valence-corrected chi connectivity index (χ1v) is 9.11. The molecule has 2 heterocycles. The first-order valence-electron chi connectivity index (χ1n) is 7.33. The number of imidazole rings is 1. The van der Waals surface area contributed by atoms with E-state index in [1.54, 1.807) is 11.8 Å². The van der Waals surface area contributed by atoms with Crippen LogP contribution in [0.3, 0.4) is 0 Å². The first-order chi connectivity index (χ1) is 11.7. The fourth-order valence-corrected chi connectivity index (χ4v) is 3.49. The van der Waals surface area contributed by atoms with Crippen molar-refractivity contribution in [3.63, 3.8) is 0 Å². The molecule has 2 aromatic heterocycles. The molecule has 0 aliphatic rings. The summed E-state index contributed by atoms with van der Waals surface area (Å²) in [5, 5.41) is 9.18. The van der Waals surface area contributed by atoms with Crippen molar-refractivity contribution >= 4 is 38.7 Å². The summed E-state index contributed by atoms with van der Waals surface area (Å²) in [6.07, 6.45) is 0. The lowest BCUT2D eigenvalue weighted by atomic mass is 10.2. The molecular weight excluding hydrogens is 388 g/mol. The van der Waals surface area contributed by atoms with Crippen molar-refractivity contribution in [2.75, 3.05) is 0 Å². The fraction of sp³-hybridized carbons (Fsp3) is 0.118. The lowest BCUT2D eigenvalue weighted by Gasteiger charge is -1.99. The fourth-order valence-electron chi connectivity index (χ4n) is 2.40. The number of halogens is 1. The number of aromatic nitrogens is 4. The third-order valence-corrected chi connectivity index (χ3v) is 5.17. The van der Waals surface area contributed by atoms with E-state index >= 15 is 0 Å². The van der Waals surface area contributed by atoms with Crippen molar-refractivity contribution in [1.29, 1.82) is 0 Å². The molecule has 7 heteroatoms. The van der Waals surface area contributed by atoms with Gasteiger partial charge in [0.05, 0.1) is 16.8 Å². The van der Waals surface area contributed by atoms with Crippen LogP contribution in [0.4, 0.5) is 0 Å². The van der Waals surface area contributed by atoms with Crippen LogP contribution in [0.2, 0.25) is 0 Å². The van der Waals surface area contributed by atoms with E-state index < -0.39 is 0 Å². The predicted molar refractivity (Wildman–Crippen MR) is 97.7 cm³/mol. The number of thioether (sulfide) groups is 1. The van der Waals surface area contributed by atoms with Crippen LogP contribution >= 0.6 is 27.7 Å². The Bertz CT molecular complexity index is 993. The van der Waals surface area contributed by atoms with E-state index in [4.69, 9.17) is 4.42 Å². The van der Waals surface area contributed by atoms with Crippen LogP contribution < -0.4 is 0 Å². The minimum atomic E-state index is 0.531. The molecule has 0 unspecified atom stereocenters. The number of aryl methyl sites for hydroxylation is 1. The molecule has 0 saturated carbocycles. The molecule has 0 atom stereocenters. The zero-order valence-corrected chi connectivity index (χ0v) is 15.2. The number of para-hydroxylation sites is 2. The molecule has 0 aliphatic heterocycles. The van der Waals surface area contributed by atoms with Crippen LogP contribution in [0.25, 0.3) is 22.5 Å². The standard InChI is InChI=1S/C17H13BrN4OS/c1-22-14-5-3-2-4-13(14)19-17(22)24-10-15-20-21-16(23-15)11-6-8-12(18)9-7-11/h2-9H,10H2,1H3. The highest BCUT2D eigenvalue weighted by molar-refractivity contribution is 9.10. The molecule has 4 rings (SSSR count). The predicted octanol–water partition coefficient (Wildman–Crippen LogP) is 4.68. The van der Waals surface area contributed by atoms with Gasteiger partial charge in [0.15, 0.2) is 5.16 Å². The maximum absolute atomic E-state index is 5.75. The Hall–Kier alpha value is -2.12. The Morgan fingerprint density at radius 2 is 1.88 bits per heavy atom. The highest BCUT2D eigenvalue weighted by Crippen LogP contribution is 2.27. The van der Waals surface area contributed by atoms with Crippen molar-refractivity contribution in [3.8, 4) is 11.5 Å². The average Bonchev–Trinajstić information content (AvgIpc) is 3.19. The number of benzene rings is 2. The van der Waals surface area contributed by atoms with E-state index in [0.717, 1.165) is 26.2 Å². The second-order valence-corrected chi connectivity index (χ2v) is 7.10. The topological polar surface area (TPSA) is 56.7 Å². The minimum absolute atomic E-state index is 0.531. The maximum atomic E-state index is 5.75. The molecule has 4 aromatic rings. The van der Waals surface area contributed by atoms with Crippen LogP contribution in [0.1, 0.15) is 5.89 Å². The maximum Gasteiger partial charge on any atom is 0.247 e. The van der Waals surface area contributed by atoms with Crippen LogP contribution in [-0.2, 0) is 12.8 Å². The van der Waals surface area contributed by atoms with Gasteiger partial charge in [-0.15, -0.1) is 10.2 Å². The molecule has 0 aliphatic carbocycles. The summed E-state index contributed by atoms with van der Waals surface area (Å²) >= 11 is 5.00. The molecule has 0 saturated heterocycles. The Balaban J connectivity index is 1.51. The summed E-state index contributed by atoms with van der Waals surface area (Å²) in [6, 6.07) is 15.9. The molecule has 24 heavy (non-hydrogen) atoms. The molecule has 0 radical (unpaired) electrons. The van der Waals surface area contributed by atoms with Crippen LogP contribution in [0.5, 0.6) is 0 Å². The van der Waals surface area contributed by atoms with Crippen LogP contribution in [-0.4, -0.2) is 19.7 Å². The smallest absolute Gasteiger partial charge is 0.247 e. The summed E-state index contributed by atoms with van der Waals surface area (Å²) in [5.41, 5.74) is 3.01. The molecule has 0 amide bonds. The number of fused-ring (bicyclic) bond motifs is 1. The van der Waals surface area contributed by atoms with E-state index in [1.807, 2.05) is 49.5 Å². The van der Waals surface area contributed by atoms with Gasteiger partial charge >= 0.3 is 0 Å². The summed E-state index contributed by atoms with van der Waals surface area (Å²) in [4.78, 5) is 4.63. The van der Waals surface area contributed by atoms with Crippen molar-refractivity contribution in [2.24, 2.45) is 7.05 Å². The second-order valence-electron chi connectivity index (χ2n) is 5.24. The van der Waals surface area contributed by atoms with Crippen molar-refractivity contribution in [1.82, 2.24) is 19.7 Å². The highest BCUT2D eigenvalue weighted by atomic mass is 79.9. The Morgan fingerprint density at radius 1 is 1.08 bits per heavy atom. The zero-order valence-electron chi connectivity index (χ0n) is 12.8.